The molecule has 1 aliphatic heterocycles. The Morgan fingerprint density at radius 1 is 0.862 bits per heavy atom. The van der Waals surface area contributed by atoms with Crippen molar-refractivity contribution < 1.29 is 18.7 Å². The zero-order valence-electron chi connectivity index (χ0n) is 16.4. The van der Waals surface area contributed by atoms with Gasteiger partial charge >= 0.3 is 0 Å². The summed E-state index contributed by atoms with van der Waals surface area (Å²) in [6.45, 7) is 2.11. The fourth-order valence-electron chi connectivity index (χ4n) is 4.02. The molecule has 0 spiro atoms. The van der Waals surface area contributed by atoms with Gasteiger partial charge in [0.15, 0.2) is 6.61 Å². The molecular weight excluding hydrogens is 371 g/mol. The molecule has 1 heterocycles. The number of carbonyl (C=O) groups is 2. The SMILES string of the molecule is O=C(COc1ccc2c(c1)CCC2)N1CCCN(C(=O)c2ccc(F)cc2)CC1. The minimum Gasteiger partial charge on any atom is -0.484 e. The van der Waals surface area contributed by atoms with Gasteiger partial charge in [0, 0.05) is 31.7 Å². The number of fused-ring (bicyclic) bond motifs is 1. The Morgan fingerprint density at radius 3 is 2.41 bits per heavy atom. The van der Waals surface area contributed by atoms with Crippen LogP contribution in [0.5, 0.6) is 5.75 Å². The van der Waals surface area contributed by atoms with Crippen LogP contribution in [0, 0.1) is 5.82 Å². The van der Waals surface area contributed by atoms with E-state index in [0.29, 0.717) is 38.2 Å². The fraction of sp³-hybridized carbons (Fsp3) is 0.391. The highest BCUT2D eigenvalue weighted by Crippen LogP contribution is 2.26. The molecular formula is C23H25FN2O3. The molecule has 6 heteroatoms. The predicted octanol–water partition coefficient (Wildman–Crippen LogP) is 3.07. The lowest BCUT2D eigenvalue weighted by Gasteiger charge is -2.22. The normalized spacial score (nSPS) is 16.3. The highest BCUT2D eigenvalue weighted by atomic mass is 19.1. The molecule has 152 valence electrons. The van der Waals surface area contributed by atoms with Gasteiger partial charge in [0.2, 0.25) is 0 Å². The average molecular weight is 396 g/mol. The molecule has 1 aliphatic carbocycles. The number of nitrogens with zero attached hydrogens (tertiary/aromatic N) is 2. The number of amides is 2. The van der Waals surface area contributed by atoms with E-state index in [2.05, 4.69) is 6.07 Å². The number of aryl methyl sites for hydroxylation is 2. The average Bonchev–Trinajstić information content (AvgIpc) is 3.06. The first kappa shape index (κ1) is 19.4. The van der Waals surface area contributed by atoms with E-state index < -0.39 is 0 Å². The topological polar surface area (TPSA) is 49.9 Å². The second-order valence-corrected chi connectivity index (χ2v) is 7.61. The standard InChI is InChI=1S/C23H25FN2O3/c24-20-8-5-18(6-9-20)23(28)26-12-2-11-25(13-14-26)22(27)16-29-21-10-7-17-3-1-4-19(17)15-21/h5-10,15H,1-4,11-14,16H2. The van der Waals surface area contributed by atoms with E-state index in [1.807, 2.05) is 12.1 Å². The minimum absolute atomic E-state index is 0.00466. The summed E-state index contributed by atoms with van der Waals surface area (Å²) in [5.74, 6) is 0.176. The molecule has 0 radical (unpaired) electrons. The molecule has 2 aliphatic rings. The Kier molecular flexibility index (Phi) is 5.79. The van der Waals surface area contributed by atoms with Gasteiger partial charge in [0.05, 0.1) is 0 Å². The summed E-state index contributed by atoms with van der Waals surface area (Å²) >= 11 is 0. The first-order valence-electron chi connectivity index (χ1n) is 10.2. The van der Waals surface area contributed by atoms with Crippen molar-refractivity contribution in [3.05, 3.63) is 65.0 Å². The van der Waals surface area contributed by atoms with Gasteiger partial charge < -0.3 is 14.5 Å². The van der Waals surface area contributed by atoms with Gasteiger partial charge in [0.25, 0.3) is 11.8 Å². The molecule has 29 heavy (non-hydrogen) atoms. The third-order valence-electron chi connectivity index (χ3n) is 5.66. The zero-order chi connectivity index (χ0) is 20.2. The van der Waals surface area contributed by atoms with E-state index in [1.165, 1.54) is 41.8 Å². The van der Waals surface area contributed by atoms with Crippen LogP contribution in [0.25, 0.3) is 0 Å². The smallest absolute Gasteiger partial charge is 0.260 e. The van der Waals surface area contributed by atoms with Crippen LogP contribution in [0.1, 0.15) is 34.3 Å². The van der Waals surface area contributed by atoms with Crippen LogP contribution >= 0.6 is 0 Å². The van der Waals surface area contributed by atoms with Crippen LogP contribution < -0.4 is 4.74 Å². The molecule has 2 amide bonds. The second-order valence-electron chi connectivity index (χ2n) is 7.61. The van der Waals surface area contributed by atoms with E-state index in [0.717, 1.165) is 18.6 Å². The summed E-state index contributed by atoms with van der Waals surface area (Å²) in [5, 5.41) is 0. The van der Waals surface area contributed by atoms with Gasteiger partial charge in [-0.05, 0) is 73.2 Å². The Hall–Kier alpha value is -2.89. The van der Waals surface area contributed by atoms with Crippen LogP contribution in [-0.4, -0.2) is 54.4 Å². The zero-order valence-corrected chi connectivity index (χ0v) is 16.4. The van der Waals surface area contributed by atoms with Gasteiger partial charge in [-0.1, -0.05) is 6.07 Å². The third-order valence-corrected chi connectivity index (χ3v) is 5.66. The number of benzene rings is 2. The maximum atomic E-state index is 13.1. The van der Waals surface area contributed by atoms with E-state index in [4.69, 9.17) is 4.74 Å². The van der Waals surface area contributed by atoms with E-state index in [9.17, 15) is 14.0 Å². The molecule has 0 atom stereocenters. The monoisotopic (exact) mass is 396 g/mol. The summed E-state index contributed by atoms with van der Waals surface area (Å²) in [6, 6.07) is 11.6. The second kappa shape index (κ2) is 8.64. The summed E-state index contributed by atoms with van der Waals surface area (Å²) in [5.41, 5.74) is 3.16. The largest absolute Gasteiger partial charge is 0.484 e. The van der Waals surface area contributed by atoms with Gasteiger partial charge in [0.1, 0.15) is 11.6 Å². The molecule has 1 fully saturated rings. The van der Waals surface area contributed by atoms with Crippen molar-refractivity contribution in [2.75, 3.05) is 32.8 Å². The van der Waals surface area contributed by atoms with Crippen LogP contribution in [0.3, 0.4) is 0 Å². The molecule has 4 rings (SSSR count). The lowest BCUT2D eigenvalue weighted by Crippen LogP contribution is -2.39. The van der Waals surface area contributed by atoms with Gasteiger partial charge in [-0.15, -0.1) is 0 Å². The Bertz CT molecular complexity index is 897. The Balaban J connectivity index is 1.30. The van der Waals surface area contributed by atoms with E-state index in [-0.39, 0.29) is 24.2 Å². The van der Waals surface area contributed by atoms with Crippen molar-refractivity contribution in [2.24, 2.45) is 0 Å². The lowest BCUT2D eigenvalue weighted by molar-refractivity contribution is -0.133. The van der Waals surface area contributed by atoms with E-state index >= 15 is 0 Å². The number of hydrogen-bond donors (Lipinski definition) is 0. The van der Waals surface area contributed by atoms with Crippen LogP contribution in [-0.2, 0) is 17.6 Å². The number of hydrogen-bond acceptors (Lipinski definition) is 3. The van der Waals surface area contributed by atoms with Crippen LogP contribution in [0.15, 0.2) is 42.5 Å². The highest BCUT2D eigenvalue weighted by Gasteiger charge is 2.23. The maximum absolute atomic E-state index is 13.1. The Morgan fingerprint density at radius 2 is 1.59 bits per heavy atom. The number of carbonyl (C=O) groups excluding carboxylic acids is 2. The van der Waals surface area contributed by atoms with Crippen molar-refractivity contribution >= 4 is 11.8 Å². The summed E-state index contributed by atoms with van der Waals surface area (Å²) in [7, 11) is 0. The molecule has 0 unspecified atom stereocenters. The van der Waals surface area contributed by atoms with Crippen LogP contribution in [0.4, 0.5) is 4.39 Å². The van der Waals surface area contributed by atoms with Crippen molar-refractivity contribution in [2.45, 2.75) is 25.7 Å². The van der Waals surface area contributed by atoms with Gasteiger partial charge in [-0.25, -0.2) is 4.39 Å². The van der Waals surface area contributed by atoms with Crippen molar-refractivity contribution in [3.63, 3.8) is 0 Å². The molecule has 2 aromatic carbocycles. The maximum Gasteiger partial charge on any atom is 0.260 e. The molecule has 2 aromatic rings. The molecule has 1 saturated heterocycles. The first-order valence-corrected chi connectivity index (χ1v) is 10.2. The summed E-state index contributed by atoms with van der Waals surface area (Å²) < 4.78 is 18.8. The minimum atomic E-state index is -0.363. The molecule has 0 aromatic heterocycles. The van der Waals surface area contributed by atoms with Crippen LogP contribution in [0.2, 0.25) is 0 Å². The molecule has 5 nitrogen and oxygen atoms in total. The molecule has 0 N–H and O–H groups in total. The van der Waals surface area contributed by atoms with Crippen molar-refractivity contribution in [3.8, 4) is 5.75 Å². The van der Waals surface area contributed by atoms with E-state index in [1.54, 1.807) is 9.80 Å². The third kappa shape index (κ3) is 4.58. The number of rotatable bonds is 4. The summed E-state index contributed by atoms with van der Waals surface area (Å²) in [4.78, 5) is 28.7. The number of halogens is 1. The lowest BCUT2D eigenvalue weighted by atomic mass is 10.1. The molecule has 0 saturated carbocycles. The number of ether oxygens (including phenoxy) is 1. The first-order chi connectivity index (χ1) is 14.1. The fourth-order valence-corrected chi connectivity index (χ4v) is 4.02. The van der Waals surface area contributed by atoms with Crippen molar-refractivity contribution in [1.82, 2.24) is 9.80 Å². The van der Waals surface area contributed by atoms with Gasteiger partial charge in [-0.2, -0.15) is 0 Å². The van der Waals surface area contributed by atoms with Gasteiger partial charge in [-0.3, -0.25) is 9.59 Å². The van der Waals surface area contributed by atoms with Crippen molar-refractivity contribution in [1.29, 1.82) is 0 Å². The highest BCUT2D eigenvalue weighted by molar-refractivity contribution is 5.94. The quantitative estimate of drug-likeness (QED) is 0.798. The molecule has 0 bridgehead atoms. The summed E-state index contributed by atoms with van der Waals surface area (Å²) in [6.07, 6.45) is 4.08. The predicted molar refractivity (Wildman–Crippen MR) is 107 cm³/mol. The Labute approximate surface area is 170 Å².